The molecular weight excluding hydrogens is 296 g/mol. The van der Waals surface area contributed by atoms with Gasteiger partial charge in [-0.05, 0) is 17.0 Å². The van der Waals surface area contributed by atoms with E-state index < -0.39 is 10.0 Å². The van der Waals surface area contributed by atoms with Crippen LogP contribution in [0.4, 0.5) is 0 Å². The van der Waals surface area contributed by atoms with E-state index in [2.05, 4.69) is 9.71 Å². The Bertz CT molecular complexity index is 682. The fourth-order valence-corrected chi connectivity index (χ4v) is 4.05. The average Bonchev–Trinajstić information content (AvgIpc) is 2.95. The molecule has 2 aromatic rings. The number of sulfonamides is 1. The summed E-state index contributed by atoms with van der Waals surface area (Å²) in [6.07, 6.45) is 0. The highest BCUT2D eigenvalue weighted by Gasteiger charge is 2.16. The number of hydrogen-bond acceptors (Lipinski definition) is 6. The maximum atomic E-state index is 11.9. The molecule has 0 saturated heterocycles. The van der Waals surface area contributed by atoms with Crippen molar-refractivity contribution in [3.8, 4) is 0 Å². The molecule has 2 heterocycles. The van der Waals surface area contributed by atoms with Gasteiger partial charge in [0.25, 0.3) is 0 Å². The smallest absolute Gasteiger partial charge is 0.304 e. The van der Waals surface area contributed by atoms with Crippen molar-refractivity contribution in [2.24, 2.45) is 0 Å². The highest BCUT2D eigenvalue weighted by atomic mass is 32.2. The number of H-pyrrole nitrogens is 1. The number of hydrogen-bond donors (Lipinski definition) is 3. The first kappa shape index (κ1) is 13.4. The normalized spacial score (nSPS) is 11.8. The molecule has 0 aliphatic rings. The van der Waals surface area contributed by atoms with Gasteiger partial charge in [-0.2, -0.15) is 0 Å². The molecule has 0 saturated carbocycles. The van der Waals surface area contributed by atoms with Crippen molar-refractivity contribution in [1.29, 1.82) is 0 Å². The Balaban J connectivity index is 2.10. The van der Waals surface area contributed by atoms with Gasteiger partial charge >= 0.3 is 4.87 Å². The van der Waals surface area contributed by atoms with Crippen molar-refractivity contribution in [2.75, 3.05) is 0 Å². The topological polar surface area (TPSA) is 99.3 Å². The zero-order chi connectivity index (χ0) is 13.2. The summed E-state index contributed by atoms with van der Waals surface area (Å²) in [5.41, 5.74) is 1.08. The molecule has 0 unspecified atom stereocenters. The molecule has 0 aliphatic heterocycles. The first-order chi connectivity index (χ1) is 8.51. The SMILES string of the molecule is O=c1[nH]c(CNS(=O)(=O)c2cc(CO)cs2)cs1. The Kier molecular flexibility index (Phi) is 3.97. The molecule has 0 aromatic carbocycles. The second-order valence-electron chi connectivity index (χ2n) is 3.43. The van der Waals surface area contributed by atoms with Crippen LogP contribution in [-0.2, 0) is 23.2 Å². The van der Waals surface area contributed by atoms with Crippen molar-refractivity contribution < 1.29 is 13.5 Å². The fraction of sp³-hybridized carbons (Fsp3) is 0.222. The predicted molar refractivity (Wildman–Crippen MR) is 69.2 cm³/mol. The maximum Gasteiger partial charge on any atom is 0.304 e. The van der Waals surface area contributed by atoms with Gasteiger partial charge in [0, 0.05) is 11.1 Å². The largest absolute Gasteiger partial charge is 0.392 e. The minimum Gasteiger partial charge on any atom is -0.392 e. The first-order valence-electron chi connectivity index (χ1n) is 4.86. The zero-order valence-electron chi connectivity index (χ0n) is 9.04. The minimum absolute atomic E-state index is 0.0352. The van der Waals surface area contributed by atoms with Crippen LogP contribution in [0.3, 0.4) is 0 Å². The van der Waals surface area contributed by atoms with Crippen molar-refractivity contribution in [1.82, 2.24) is 9.71 Å². The second kappa shape index (κ2) is 5.33. The summed E-state index contributed by atoms with van der Waals surface area (Å²) in [4.78, 5) is 13.2. The van der Waals surface area contributed by atoms with E-state index in [1.165, 1.54) is 6.07 Å². The number of aromatic nitrogens is 1. The fourth-order valence-electron chi connectivity index (χ4n) is 1.22. The van der Waals surface area contributed by atoms with Crippen molar-refractivity contribution in [3.63, 3.8) is 0 Å². The Morgan fingerprint density at radius 3 is 2.67 bits per heavy atom. The third-order valence-electron chi connectivity index (χ3n) is 2.10. The molecule has 0 amide bonds. The summed E-state index contributed by atoms with van der Waals surface area (Å²) in [6.45, 7) is -0.155. The summed E-state index contributed by atoms with van der Waals surface area (Å²) >= 11 is 2.02. The quantitative estimate of drug-likeness (QED) is 0.747. The van der Waals surface area contributed by atoms with Crippen LogP contribution in [0.2, 0.25) is 0 Å². The van der Waals surface area contributed by atoms with Gasteiger partial charge in [0.2, 0.25) is 10.0 Å². The van der Waals surface area contributed by atoms with E-state index in [4.69, 9.17) is 5.11 Å². The van der Waals surface area contributed by atoms with Crippen LogP contribution in [0.5, 0.6) is 0 Å². The predicted octanol–water partition coefficient (Wildman–Crippen LogP) is 0.469. The summed E-state index contributed by atoms with van der Waals surface area (Å²) < 4.78 is 26.3. The van der Waals surface area contributed by atoms with Crippen LogP contribution < -0.4 is 9.60 Å². The van der Waals surface area contributed by atoms with E-state index in [1.807, 2.05) is 0 Å². The number of aliphatic hydroxyl groups is 1. The van der Waals surface area contributed by atoms with E-state index in [9.17, 15) is 13.2 Å². The van der Waals surface area contributed by atoms with Gasteiger partial charge in [-0.15, -0.1) is 11.3 Å². The number of aliphatic hydroxyl groups excluding tert-OH is 1. The van der Waals surface area contributed by atoms with Crippen LogP contribution in [-0.4, -0.2) is 18.5 Å². The molecule has 0 aliphatic carbocycles. The summed E-state index contributed by atoms with van der Waals surface area (Å²) in [5, 5.41) is 12.0. The van der Waals surface area contributed by atoms with Crippen LogP contribution in [0.25, 0.3) is 0 Å². The lowest BCUT2D eigenvalue weighted by atomic mass is 10.4. The first-order valence-corrected chi connectivity index (χ1v) is 8.10. The van der Waals surface area contributed by atoms with E-state index in [-0.39, 0.29) is 22.2 Å². The van der Waals surface area contributed by atoms with Crippen LogP contribution in [0.1, 0.15) is 11.3 Å². The third kappa shape index (κ3) is 3.06. The lowest BCUT2D eigenvalue weighted by molar-refractivity contribution is 0.282. The number of rotatable bonds is 5. The Morgan fingerprint density at radius 2 is 2.11 bits per heavy atom. The zero-order valence-corrected chi connectivity index (χ0v) is 11.5. The Hall–Kier alpha value is -1.00. The van der Waals surface area contributed by atoms with Crippen LogP contribution in [0.15, 0.2) is 25.8 Å². The van der Waals surface area contributed by atoms with Crippen molar-refractivity contribution >= 4 is 32.7 Å². The van der Waals surface area contributed by atoms with E-state index in [0.717, 1.165) is 22.7 Å². The second-order valence-corrected chi connectivity index (χ2v) is 7.18. The molecule has 98 valence electrons. The van der Waals surface area contributed by atoms with E-state index in [1.54, 1.807) is 10.8 Å². The monoisotopic (exact) mass is 306 g/mol. The van der Waals surface area contributed by atoms with Gasteiger partial charge in [-0.1, -0.05) is 11.3 Å². The third-order valence-corrected chi connectivity index (χ3v) is 5.71. The van der Waals surface area contributed by atoms with Crippen molar-refractivity contribution in [2.45, 2.75) is 17.4 Å². The van der Waals surface area contributed by atoms with Crippen molar-refractivity contribution in [3.05, 3.63) is 37.8 Å². The average molecular weight is 306 g/mol. The summed E-state index contributed by atoms with van der Waals surface area (Å²) in [6, 6.07) is 1.42. The number of aromatic amines is 1. The summed E-state index contributed by atoms with van der Waals surface area (Å²) in [7, 11) is -3.60. The highest BCUT2D eigenvalue weighted by molar-refractivity contribution is 7.91. The molecule has 0 fully saturated rings. The maximum absolute atomic E-state index is 11.9. The molecule has 3 N–H and O–H groups in total. The van der Waals surface area contributed by atoms with Gasteiger partial charge in [0.05, 0.1) is 13.2 Å². The molecule has 0 radical (unpaired) electrons. The molecule has 0 atom stereocenters. The molecule has 2 aromatic heterocycles. The molecule has 0 bridgehead atoms. The van der Waals surface area contributed by atoms with Gasteiger partial charge in [-0.3, -0.25) is 4.79 Å². The molecule has 9 heteroatoms. The number of thiophene rings is 1. The molecular formula is C9H10N2O4S3. The Morgan fingerprint density at radius 1 is 1.33 bits per heavy atom. The van der Waals surface area contributed by atoms with Gasteiger partial charge in [0.15, 0.2) is 0 Å². The van der Waals surface area contributed by atoms with Gasteiger partial charge in [0.1, 0.15) is 4.21 Å². The summed E-state index contributed by atoms with van der Waals surface area (Å²) in [5.74, 6) is 0. The minimum atomic E-state index is -3.60. The molecule has 0 spiro atoms. The van der Waals surface area contributed by atoms with Gasteiger partial charge < -0.3 is 10.1 Å². The standard InChI is InChI=1S/C9H10N2O4S3/c12-3-6-1-8(16-4-6)18(14,15)10-2-7-5-17-9(13)11-7/h1,4-5,10,12H,2-3H2,(H,11,13). The number of thiazole rings is 1. The lowest BCUT2D eigenvalue weighted by Crippen LogP contribution is -2.22. The van der Waals surface area contributed by atoms with Crippen LogP contribution >= 0.6 is 22.7 Å². The molecule has 2 rings (SSSR count). The molecule has 18 heavy (non-hydrogen) atoms. The lowest BCUT2D eigenvalue weighted by Gasteiger charge is -2.02. The van der Waals surface area contributed by atoms with Crippen LogP contribution in [0, 0.1) is 0 Å². The number of nitrogens with one attached hydrogen (secondary N) is 2. The highest BCUT2D eigenvalue weighted by Crippen LogP contribution is 2.20. The van der Waals surface area contributed by atoms with E-state index in [0.29, 0.717) is 11.3 Å². The van der Waals surface area contributed by atoms with E-state index >= 15 is 0 Å². The van der Waals surface area contributed by atoms with Gasteiger partial charge in [-0.25, -0.2) is 13.1 Å². The molecule has 6 nitrogen and oxygen atoms in total. The Labute approximate surface area is 111 Å².